The van der Waals surface area contributed by atoms with Gasteiger partial charge in [0.2, 0.25) is 0 Å². The molecule has 152 valence electrons. The van der Waals surface area contributed by atoms with Crippen LogP contribution in [0.15, 0.2) is 30.6 Å². The van der Waals surface area contributed by atoms with Crippen LogP contribution in [-0.4, -0.2) is 18.5 Å². The fourth-order valence-corrected chi connectivity index (χ4v) is 2.37. The molecule has 1 aromatic heterocycles. The van der Waals surface area contributed by atoms with E-state index >= 15 is 0 Å². The lowest BCUT2D eigenvalue weighted by Crippen LogP contribution is -2.32. The molecule has 0 unspecified atom stereocenters. The van der Waals surface area contributed by atoms with E-state index < -0.39 is 15.6 Å². The van der Waals surface area contributed by atoms with Gasteiger partial charge in [-0.05, 0) is 6.42 Å². The summed E-state index contributed by atoms with van der Waals surface area (Å²) in [7, 11) is -6.09. The molecule has 0 saturated carbocycles. The minimum Gasteiger partial charge on any atom is -0.741 e. The number of nitrogens with zero attached hydrogens (tertiary/aromatic N) is 1. The molecule has 1 rings (SSSR count). The first kappa shape index (κ1) is 24.8. The van der Waals surface area contributed by atoms with E-state index in [1.54, 1.807) is 0 Å². The molecule has 0 aliphatic rings. The van der Waals surface area contributed by atoms with Crippen molar-refractivity contribution in [2.75, 3.05) is 0 Å². The Labute approximate surface area is 155 Å². The van der Waals surface area contributed by atoms with Gasteiger partial charge >= 0.3 is 5.51 Å². The lowest BCUT2D eigenvalue weighted by molar-refractivity contribution is -0.697. The van der Waals surface area contributed by atoms with Crippen LogP contribution in [0.1, 0.15) is 71.1 Å². The maximum absolute atomic E-state index is 10.7. The summed E-state index contributed by atoms with van der Waals surface area (Å²) in [5.41, 5.74) is -5.65. The van der Waals surface area contributed by atoms with Gasteiger partial charge in [0.15, 0.2) is 22.5 Å². The van der Waals surface area contributed by atoms with Crippen molar-refractivity contribution in [3.8, 4) is 0 Å². The van der Waals surface area contributed by atoms with Gasteiger partial charge in [0.1, 0.15) is 6.54 Å². The van der Waals surface area contributed by atoms with Gasteiger partial charge in [-0.1, -0.05) is 64.4 Å². The third kappa shape index (κ3) is 14.1. The number of aromatic nitrogens is 1. The van der Waals surface area contributed by atoms with Crippen LogP contribution in [0.3, 0.4) is 0 Å². The second-order valence-corrected chi connectivity index (χ2v) is 7.57. The van der Waals surface area contributed by atoms with Crippen molar-refractivity contribution in [3.63, 3.8) is 0 Å². The Kier molecular flexibility index (Phi) is 13.4. The number of unbranched alkanes of at least 4 members (excludes halogenated alkanes) is 9. The lowest BCUT2D eigenvalue weighted by atomic mass is 10.1. The van der Waals surface area contributed by atoms with Gasteiger partial charge in [0.05, 0.1) is 0 Å². The summed E-state index contributed by atoms with van der Waals surface area (Å²) in [5.74, 6) is 0. The Balaban J connectivity index is 0.000000660. The zero-order valence-electron chi connectivity index (χ0n) is 15.4. The van der Waals surface area contributed by atoms with Crippen molar-refractivity contribution < 1.29 is 30.7 Å². The summed E-state index contributed by atoms with van der Waals surface area (Å²) in [6.45, 7) is 3.46. The maximum atomic E-state index is 10.7. The average molecular weight is 398 g/mol. The third-order valence-corrected chi connectivity index (χ3v) is 4.40. The molecule has 0 amide bonds. The van der Waals surface area contributed by atoms with Gasteiger partial charge in [-0.15, -0.1) is 0 Å². The van der Waals surface area contributed by atoms with E-state index in [1.807, 2.05) is 0 Å². The second kappa shape index (κ2) is 14.0. The Morgan fingerprint density at radius 3 is 1.58 bits per heavy atom. The Morgan fingerprint density at radius 1 is 0.808 bits per heavy atom. The summed E-state index contributed by atoms with van der Waals surface area (Å²) < 4.78 is 61.2. The average Bonchev–Trinajstić information content (AvgIpc) is 2.56. The van der Waals surface area contributed by atoms with Crippen molar-refractivity contribution in [2.24, 2.45) is 0 Å². The highest BCUT2D eigenvalue weighted by molar-refractivity contribution is 7.86. The highest BCUT2D eigenvalue weighted by atomic mass is 32.2. The molecule has 0 N–H and O–H groups in total. The summed E-state index contributed by atoms with van der Waals surface area (Å²) in [6.07, 6.45) is 18.5. The molecule has 0 aliphatic carbocycles. The number of halogens is 3. The topological polar surface area (TPSA) is 61.1 Å². The number of pyridine rings is 1. The van der Waals surface area contributed by atoms with Crippen LogP contribution in [0.2, 0.25) is 0 Å². The molecule has 8 heteroatoms. The highest BCUT2D eigenvalue weighted by Gasteiger charge is 2.36. The Morgan fingerprint density at radius 2 is 1.19 bits per heavy atom. The normalized spacial score (nSPS) is 11.7. The van der Waals surface area contributed by atoms with Crippen LogP contribution in [0.5, 0.6) is 0 Å². The largest absolute Gasteiger partial charge is 0.741 e. The van der Waals surface area contributed by atoms with Crippen LogP contribution in [0.4, 0.5) is 13.2 Å². The molecular weight excluding hydrogens is 367 g/mol. The molecule has 0 spiro atoms. The minimum absolute atomic E-state index is 1.18. The number of hydrogen-bond acceptors (Lipinski definition) is 3. The molecule has 0 bridgehead atoms. The van der Waals surface area contributed by atoms with Gasteiger partial charge in [-0.25, -0.2) is 13.0 Å². The molecule has 0 aliphatic heterocycles. The molecular formula is C18H30F3NO3S. The van der Waals surface area contributed by atoms with Crippen LogP contribution in [0.25, 0.3) is 0 Å². The van der Waals surface area contributed by atoms with Gasteiger partial charge in [0, 0.05) is 18.6 Å². The number of aryl methyl sites for hydroxylation is 1. The fraction of sp³-hybridized carbons (Fsp3) is 0.722. The molecule has 4 nitrogen and oxygen atoms in total. The van der Waals surface area contributed by atoms with Gasteiger partial charge < -0.3 is 4.55 Å². The smallest absolute Gasteiger partial charge is 0.485 e. The summed E-state index contributed by atoms with van der Waals surface area (Å²) >= 11 is 0. The van der Waals surface area contributed by atoms with Crippen LogP contribution in [-0.2, 0) is 16.7 Å². The third-order valence-electron chi connectivity index (χ3n) is 3.83. The van der Waals surface area contributed by atoms with E-state index in [-0.39, 0.29) is 0 Å². The van der Waals surface area contributed by atoms with Crippen molar-refractivity contribution >= 4 is 10.1 Å². The van der Waals surface area contributed by atoms with Crippen molar-refractivity contribution in [2.45, 2.75) is 83.2 Å². The summed E-state index contributed by atoms with van der Waals surface area (Å²) in [4.78, 5) is 0. The number of rotatable bonds is 11. The first-order valence-electron chi connectivity index (χ1n) is 9.14. The summed E-state index contributed by atoms with van der Waals surface area (Å²) in [5, 5.41) is 0. The number of alkyl halides is 3. The fourth-order valence-electron chi connectivity index (χ4n) is 2.37. The quantitative estimate of drug-likeness (QED) is 0.230. The molecule has 0 fully saturated rings. The van der Waals surface area contributed by atoms with Gasteiger partial charge in [-0.3, -0.25) is 0 Å². The van der Waals surface area contributed by atoms with E-state index in [4.69, 9.17) is 13.0 Å². The molecule has 0 atom stereocenters. The molecule has 0 aromatic carbocycles. The first-order valence-corrected chi connectivity index (χ1v) is 10.6. The SMILES string of the molecule is CCCCCCCCCCCC[n+]1ccccc1.O=S(=O)([O-])C(F)(F)F. The molecule has 1 aromatic rings. The van der Waals surface area contributed by atoms with Crippen LogP contribution in [0, 0.1) is 0 Å². The molecule has 0 radical (unpaired) electrons. The molecule has 26 heavy (non-hydrogen) atoms. The Bertz CT molecular complexity index is 549. The number of hydrogen-bond donors (Lipinski definition) is 0. The van der Waals surface area contributed by atoms with E-state index in [2.05, 4.69) is 42.1 Å². The zero-order chi connectivity index (χ0) is 19.9. The lowest BCUT2D eigenvalue weighted by Gasteiger charge is -2.08. The second-order valence-electron chi connectivity index (χ2n) is 6.20. The summed E-state index contributed by atoms with van der Waals surface area (Å²) in [6, 6.07) is 6.29. The molecule has 1 heterocycles. The van der Waals surface area contributed by atoms with E-state index in [0.29, 0.717) is 0 Å². The predicted octanol–water partition coefficient (Wildman–Crippen LogP) is 4.95. The van der Waals surface area contributed by atoms with Crippen molar-refractivity contribution in [1.29, 1.82) is 0 Å². The van der Waals surface area contributed by atoms with Crippen LogP contribution < -0.4 is 4.57 Å². The predicted molar refractivity (Wildman–Crippen MR) is 94.2 cm³/mol. The van der Waals surface area contributed by atoms with Crippen molar-refractivity contribution in [1.82, 2.24) is 0 Å². The standard InChI is InChI=1S/C17H30N.CHF3O3S/c1-2-3-4-5-6-7-8-9-10-12-15-18-16-13-11-14-17-18;2-1(3,4)8(5,6)7/h11,13-14,16-17H,2-10,12,15H2,1H3;(H,5,6,7)/q+1;/p-1. The monoisotopic (exact) mass is 397 g/mol. The molecule has 0 saturated heterocycles. The van der Waals surface area contributed by atoms with E-state index in [9.17, 15) is 13.2 Å². The Hall–Kier alpha value is -1.15. The van der Waals surface area contributed by atoms with E-state index in [0.717, 1.165) is 0 Å². The maximum Gasteiger partial charge on any atom is 0.485 e. The first-order chi connectivity index (χ1) is 12.2. The van der Waals surface area contributed by atoms with Crippen molar-refractivity contribution in [3.05, 3.63) is 30.6 Å². The minimum atomic E-state index is -6.09. The van der Waals surface area contributed by atoms with Gasteiger partial charge in [-0.2, -0.15) is 13.2 Å². The highest BCUT2D eigenvalue weighted by Crippen LogP contribution is 2.20. The zero-order valence-corrected chi connectivity index (χ0v) is 16.2. The van der Waals surface area contributed by atoms with E-state index in [1.165, 1.54) is 70.8 Å². The van der Waals surface area contributed by atoms with Crippen LogP contribution >= 0.6 is 0 Å². The van der Waals surface area contributed by atoms with Gasteiger partial charge in [0.25, 0.3) is 0 Å².